The van der Waals surface area contributed by atoms with E-state index in [1.54, 1.807) is 0 Å². The van der Waals surface area contributed by atoms with E-state index in [4.69, 9.17) is 23.7 Å². The van der Waals surface area contributed by atoms with E-state index >= 15 is 0 Å². The number of hydrogen-bond acceptors (Lipinski definition) is 9. The van der Waals surface area contributed by atoms with Gasteiger partial charge in [0.1, 0.15) is 11.6 Å². The van der Waals surface area contributed by atoms with E-state index in [1.807, 2.05) is 26.0 Å². The number of carbonyl (C=O) groups excluding carboxylic acids is 1. The van der Waals surface area contributed by atoms with Gasteiger partial charge in [0.15, 0.2) is 10.9 Å². The molecule has 0 bridgehead atoms. The minimum atomic E-state index is -0.115. The van der Waals surface area contributed by atoms with E-state index in [2.05, 4.69) is 15.3 Å². The first kappa shape index (κ1) is 24.1. The number of ether oxygens (including phenoxy) is 5. The molecule has 2 aromatic rings. The van der Waals surface area contributed by atoms with Crippen LogP contribution < -0.4 is 14.8 Å². The van der Waals surface area contributed by atoms with Crippen molar-refractivity contribution in [1.82, 2.24) is 15.3 Å². The Hall–Kier alpha value is -2.01. The van der Waals surface area contributed by atoms with E-state index in [1.165, 1.54) is 18.3 Å². The lowest BCUT2D eigenvalue weighted by atomic mass is 9.83. The van der Waals surface area contributed by atoms with Gasteiger partial charge in [-0.2, -0.15) is 0 Å². The molecule has 10 heteroatoms. The molecular weight excluding hydrogens is 446 g/mol. The Morgan fingerprint density at radius 1 is 1.24 bits per heavy atom. The Morgan fingerprint density at radius 3 is 2.91 bits per heavy atom. The third-order valence-electron chi connectivity index (χ3n) is 5.87. The molecule has 2 saturated heterocycles. The fourth-order valence-electron chi connectivity index (χ4n) is 4.17. The highest BCUT2D eigenvalue weighted by Gasteiger charge is 2.43. The van der Waals surface area contributed by atoms with Crippen molar-refractivity contribution in [3.63, 3.8) is 0 Å². The molecule has 0 spiro atoms. The molecule has 2 aliphatic heterocycles. The largest absolute Gasteiger partial charge is 0.477 e. The Bertz CT molecular complexity index is 919. The summed E-state index contributed by atoms with van der Waals surface area (Å²) in [6.45, 7) is 8.48. The molecule has 1 N–H and O–H groups in total. The van der Waals surface area contributed by atoms with Crippen molar-refractivity contribution < 1.29 is 28.5 Å². The Morgan fingerprint density at radius 2 is 2.09 bits per heavy atom. The number of fused-ring (bicyclic) bond motifs is 2. The summed E-state index contributed by atoms with van der Waals surface area (Å²) in [6.07, 6.45) is 3.14. The summed E-state index contributed by atoms with van der Waals surface area (Å²) in [6, 6.07) is 3.76. The highest BCUT2D eigenvalue weighted by molar-refractivity contribution is 7.19. The Labute approximate surface area is 198 Å². The average molecular weight is 480 g/mol. The number of pyridine rings is 1. The minimum absolute atomic E-state index is 0.000419. The summed E-state index contributed by atoms with van der Waals surface area (Å²) in [5.74, 6) is 1.03. The molecule has 1 amide bonds. The number of rotatable bonds is 9. The second kappa shape index (κ2) is 11.4. The van der Waals surface area contributed by atoms with Gasteiger partial charge in [-0.15, -0.1) is 0 Å². The number of aromatic nitrogens is 2. The summed E-state index contributed by atoms with van der Waals surface area (Å²) in [5.41, 5.74) is 0.798. The third-order valence-corrected chi connectivity index (χ3v) is 6.73. The topological polar surface area (TPSA) is 101 Å². The smallest absolute Gasteiger partial charge is 0.276 e. The summed E-state index contributed by atoms with van der Waals surface area (Å²) in [7, 11) is 0. The predicted molar refractivity (Wildman–Crippen MR) is 124 cm³/mol. The third kappa shape index (κ3) is 6.11. The molecule has 182 valence electrons. The van der Waals surface area contributed by atoms with Gasteiger partial charge in [0, 0.05) is 26.1 Å². The van der Waals surface area contributed by atoms with E-state index < -0.39 is 0 Å². The quantitative estimate of drug-likeness (QED) is 0.548. The summed E-state index contributed by atoms with van der Waals surface area (Å²) >= 11 is 1.41. The maximum atomic E-state index is 10.8. The van der Waals surface area contributed by atoms with Crippen molar-refractivity contribution in [2.75, 3.05) is 33.0 Å². The minimum Gasteiger partial charge on any atom is -0.477 e. The van der Waals surface area contributed by atoms with Gasteiger partial charge in [-0.3, -0.25) is 4.79 Å². The van der Waals surface area contributed by atoms with Crippen LogP contribution in [0.1, 0.15) is 40.0 Å². The number of carbonyl (C=O) groups is 1. The van der Waals surface area contributed by atoms with E-state index in [0.29, 0.717) is 43.4 Å². The first-order chi connectivity index (χ1) is 16.1. The Kier molecular flexibility index (Phi) is 8.34. The van der Waals surface area contributed by atoms with Crippen LogP contribution in [0.15, 0.2) is 12.1 Å². The summed E-state index contributed by atoms with van der Waals surface area (Å²) in [4.78, 5) is 20.7. The van der Waals surface area contributed by atoms with Crippen LogP contribution in [0.25, 0.3) is 10.3 Å². The summed E-state index contributed by atoms with van der Waals surface area (Å²) in [5, 5.41) is 3.32. The average Bonchev–Trinajstić information content (AvgIpc) is 3.49. The molecule has 33 heavy (non-hydrogen) atoms. The van der Waals surface area contributed by atoms with Crippen molar-refractivity contribution in [2.24, 2.45) is 5.92 Å². The second-order valence-corrected chi connectivity index (χ2v) is 9.17. The molecule has 1 unspecified atom stereocenters. The lowest BCUT2D eigenvalue weighted by Crippen LogP contribution is -2.36. The first-order valence-corrected chi connectivity index (χ1v) is 12.6. The van der Waals surface area contributed by atoms with Gasteiger partial charge in [0.05, 0.1) is 32.0 Å². The van der Waals surface area contributed by atoms with Gasteiger partial charge >= 0.3 is 0 Å². The maximum absolute atomic E-state index is 10.8. The molecule has 1 saturated carbocycles. The molecule has 2 aromatic heterocycles. The zero-order valence-electron chi connectivity index (χ0n) is 19.5. The standard InChI is InChI=1S/C21H27N3O6S.C2H6/c1-12(25)22-5-7-26-14-8-13(9-14)10-29-18-3-2-15-20(24-18)31-21(23-15)30-17-11-28-16-4-6-27-19(16)17;1-2/h2-3,13-14,16-17,19H,4-11H2,1H3,(H,22,25);1-2H3/t13?,14?,16-,17?,19+;/m1./s1. The van der Waals surface area contributed by atoms with Crippen molar-refractivity contribution in [1.29, 1.82) is 0 Å². The van der Waals surface area contributed by atoms with Crippen LogP contribution in [0.3, 0.4) is 0 Å². The van der Waals surface area contributed by atoms with Crippen LogP contribution >= 0.6 is 11.3 Å². The van der Waals surface area contributed by atoms with Crippen molar-refractivity contribution in [2.45, 2.75) is 64.4 Å². The molecule has 3 atom stereocenters. The van der Waals surface area contributed by atoms with Gasteiger partial charge in [-0.1, -0.05) is 25.2 Å². The normalized spacial score (nSPS) is 27.9. The number of nitrogens with zero attached hydrogens (tertiary/aromatic N) is 2. The van der Waals surface area contributed by atoms with Crippen LogP contribution in [0.5, 0.6) is 11.1 Å². The second-order valence-electron chi connectivity index (χ2n) is 8.23. The molecule has 3 fully saturated rings. The number of hydrogen-bond donors (Lipinski definition) is 1. The highest BCUT2D eigenvalue weighted by atomic mass is 32.1. The first-order valence-electron chi connectivity index (χ1n) is 11.8. The van der Waals surface area contributed by atoms with Gasteiger partial charge in [0.25, 0.3) is 5.19 Å². The monoisotopic (exact) mass is 479 g/mol. The lowest BCUT2D eigenvalue weighted by molar-refractivity contribution is -0.119. The zero-order chi connectivity index (χ0) is 23.2. The number of nitrogens with one attached hydrogen (secondary N) is 1. The van der Waals surface area contributed by atoms with Crippen LogP contribution in [0.4, 0.5) is 0 Å². The maximum Gasteiger partial charge on any atom is 0.276 e. The van der Waals surface area contributed by atoms with Gasteiger partial charge in [-0.25, -0.2) is 9.97 Å². The molecule has 3 aliphatic rings. The van der Waals surface area contributed by atoms with Crippen molar-refractivity contribution >= 4 is 27.6 Å². The fourth-order valence-corrected chi connectivity index (χ4v) is 5.01. The molecule has 1 aliphatic carbocycles. The van der Waals surface area contributed by atoms with E-state index in [0.717, 1.165) is 36.2 Å². The van der Waals surface area contributed by atoms with Crippen molar-refractivity contribution in [3.05, 3.63) is 12.1 Å². The lowest BCUT2D eigenvalue weighted by Gasteiger charge is -2.34. The van der Waals surface area contributed by atoms with E-state index in [9.17, 15) is 4.79 Å². The van der Waals surface area contributed by atoms with Gasteiger partial charge in [-0.05, 0) is 31.2 Å². The molecule has 0 aromatic carbocycles. The van der Waals surface area contributed by atoms with Crippen molar-refractivity contribution in [3.8, 4) is 11.1 Å². The zero-order valence-corrected chi connectivity index (χ0v) is 20.3. The SMILES string of the molecule is CC.CC(=O)NCCOC1CC(COc2ccc3nc(OC4CO[C@@H]5CCO[C@H]45)sc3n2)C1. The number of thiazole rings is 1. The highest BCUT2D eigenvalue weighted by Crippen LogP contribution is 2.34. The molecular formula is C23H33N3O6S. The molecule has 4 heterocycles. The van der Waals surface area contributed by atoms with Crippen LogP contribution in [0, 0.1) is 5.92 Å². The van der Waals surface area contributed by atoms with Crippen LogP contribution in [0.2, 0.25) is 0 Å². The fraction of sp³-hybridized carbons (Fsp3) is 0.696. The molecule has 5 rings (SSSR count). The van der Waals surface area contributed by atoms with Gasteiger partial charge < -0.3 is 29.0 Å². The molecule has 9 nitrogen and oxygen atoms in total. The number of amides is 1. The molecule has 0 radical (unpaired) electrons. The van der Waals surface area contributed by atoms with Crippen LogP contribution in [-0.4, -0.2) is 73.3 Å². The van der Waals surface area contributed by atoms with Gasteiger partial charge in [0.2, 0.25) is 11.8 Å². The van der Waals surface area contributed by atoms with E-state index in [-0.39, 0.29) is 30.3 Å². The summed E-state index contributed by atoms with van der Waals surface area (Å²) < 4.78 is 29.1. The van der Waals surface area contributed by atoms with Crippen LogP contribution in [-0.2, 0) is 19.0 Å². The predicted octanol–water partition coefficient (Wildman–Crippen LogP) is 2.96. The Balaban J connectivity index is 0.00000126.